The molecule has 0 fully saturated rings. The molecule has 3 aromatic rings. The maximum absolute atomic E-state index is 14.4. The third-order valence-electron chi connectivity index (χ3n) is 4.49. The van der Waals surface area contributed by atoms with Crippen molar-refractivity contribution in [2.24, 2.45) is 0 Å². The van der Waals surface area contributed by atoms with Crippen molar-refractivity contribution >= 4 is 5.97 Å². The van der Waals surface area contributed by atoms with Gasteiger partial charge < -0.3 is 9.47 Å². The van der Waals surface area contributed by atoms with E-state index in [1.165, 1.54) is 12.1 Å². The van der Waals surface area contributed by atoms with E-state index < -0.39 is 24.4 Å². The maximum atomic E-state index is 14.4. The van der Waals surface area contributed by atoms with Gasteiger partial charge in [0, 0.05) is 18.1 Å². The minimum atomic E-state index is -4.27. The zero-order chi connectivity index (χ0) is 22.4. The molecule has 0 spiro atoms. The first kappa shape index (κ1) is 22.3. The number of rotatable bonds is 7. The summed E-state index contributed by atoms with van der Waals surface area (Å²) in [6.45, 7) is 1.74. The Kier molecular flexibility index (Phi) is 6.95. The van der Waals surface area contributed by atoms with Crippen LogP contribution in [0.1, 0.15) is 28.8 Å². The third-order valence-corrected chi connectivity index (χ3v) is 4.49. The summed E-state index contributed by atoms with van der Waals surface area (Å²) in [5.41, 5.74) is 2.31. The molecule has 31 heavy (non-hydrogen) atoms. The molecule has 3 rings (SSSR count). The van der Waals surface area contributed by atoms with Crippen molar-refractivity contribution in [3.05, 3.63) is 83.7 Å². The zero-order valence-corrected chi connectivity index (χ0v) is 16.7. The number of esters is 1. The second-order valence-corrected chi connectivity index (χ2v) is 6.96. The van der Waals surface area contributed by atoms with Crippen molar-refractivity contribution in [2.45, 2.75) is 25.9 Å². The van der Waals surface area contributed by atoms with Gasteiger partial charge in [0.2, 0.25) is 0 Å². The molecule has 162 valence electrons. The first-order valence-electron chi connectivity index (χ1n) is 9.60. The van der Waals surface area contributed by atoms with Crippen LogP contribution in [0.5, 0.6) is 11.5 Å². The minimum absolute atomic E-state index is 0.0382. The second-order valence-electron chi connectivity index (χ2n) is 6.96. The lowest BCUT2D eigenvalue weighted by molar-refractivity contribution is -0.136. The van der Waals surface area contributed by atoms with Crippen LogP contribution >= 0.6 is 0 Å². The summed E-state index contributed by atoms with van der Waals surface area (Å²) in [4.78, 5) is 12.5. The summed E-state index contributed by atoms with van der Waals surface area (Å²) in [7, 11) is 0. The number of ether oxygens (including phenoxy) is 2. The Morgan fingerprint density at radius 2 is 1.68 bits per heavy atom. The third kappa shape index (κ3) is 6.31. The Bertz CT molecular complexity index is 1040. The van der Waals surface area contributed by atoms with Crippen molar-refractivity contribution in [1.82, 2.24) is 0 Å². The van der Waals surface area contributed by atoms with Gasteiger partial charge in [-0.3, -0.25) is 0 Å². The first-order valence-corrected chi connectivity index (χ1v) is 9.60. The highest BCUT2D eigenvalue weighted by atomic mass is 19.4. The normalized spacial score (nSPS) is 11.3. The topological polar surface area (TPSA) is 35.5 Å². The summed E-state index contributed by atoms with van der Waals surface area (Å²) in [6.07, 6.45) is -5.50. The number of carbonyl (C=O) groups is 1. The van der Waals surface area contributed by atoms with Crippen LogP contribution in [0.2, 0.25) is 0 Å². The van der Waals surface area contributed by atoms with Crippen LogP contribution in [0.15, 0.2) is 66.7 Å². The molecular formula is C24H20F4O3. The molecule has 0 aliphatic rings. The van der Waals surface area contributed by atoms with E-state index in [0.29, 0.717) is 5.56 Å². The Balaban J connectivity index is 1.69. The molecule has 0 unspecified atom stereocenters. The molecule has 0 saturated heterocycles. The average molecular weight is 432 g/mol. The predicted molar refractivity (Wildman–Crippen MR) is 109 cm³/mol. The van der Waals surface area contributed by atoms with Crippen molar-refractivity contribution < 1.29 is 31.8 Å². The molecule has 3 nitrogen and oxygen atoms in total. The van der Waals surface area contributed by atoms with Gasteiger partial charge in [0.1, 0.15) is 17.3 Å². The molecule has 7 heteroatoms. The Morgan fingerprint density at radius 3 is 2.35 bits per heavy atom. The highest BCUT2D eigenvalue weighted by Gasteiger charge is 2.26. The van der Waals surface area contributed by atoms with Gasteiger partial charge in [-0.2, -0.15) is 13.2 Å². The van der Waals surface area contributed by atoms with E-state index in [9.17, 15) is 22.4 Å². The fourth-order valence-corrected chi connectivity index (χ4v) is 2.90. The first-order chi connectivity index (χ1) is 14.7. The molecule has 0 saturated carbocycles. The van der Waals surface area contributed by atoms with Gasteiger partial charge >= 0.3 is 12.1 Å². The molecule has 0 heterocycles. The average Bonchev–Trinajstić information content (AvgIpc) is 2.72. The highest BCUT2D eigenvalue weighted by molar-refractivity contribution is 5.92. The van der Waals surface area contributed by atoms with E-state index in [0.717, 1.165) is 17.2 Å². The van der Waals surface area contributed by atoms with Gasteiger partial charge in [0.15, 0.2) is 0 Å². The molecule has 0 N–H and O–H groups in total. The molecular weight excluding hydrogens is 412 g/mol. The standard InChI is InChI=1S/C24H20F4O3/c1-16-7-9-17(10-8-16)19-5-2-3-6-22(19)31-23(29)20-12-11-18(15-21(20)25)30-14-4-13-24(26,27)28/h2-3,5-12,15H,4,13-14H2,1H3. The fourth-order valence-electron chi connectivity index (χ4n) is 2.90. The van der Waals surface area contributed by atoms with E-state index >= 15 is 0 Å². The Hall–Kier alpha value is -3.35. The zero-order valence-electron chi connectivity index (χ0n) is 16.7. The van der Waals surface area contributed by atoms with Gasteiger partial charge in [-0.25, -0.2) is 9.18 Å². The molecule has 0 amide bonds. The van der Waals surface area contributed by atoms with Crippen molar-refractivity contribution in [2.75, 3.05) is 6.61 Å². The van der Waals surface area contributed by atoms with Gasteiger partial charge in [0.25, 0.3) is 0 Å². The lowest BCUT2D eigenvalue weighted by Gasteiger charge is -2.12. The number of halogens is 4. The van der Waals surface area contributed by atoms with Crippen molar-refractivity contribution in [3.63, 3.8) is 0 Å². The van der Waals surface area contributed by atoms with Crippen molar-refractivity contribution in [3.8, 4) is 22.6 Å². The van der Waals surface area contributed by atoms with E-state index in [4.69, 9.17) is 9.47 Å². The fraction of sp³-hybridized carbons (Fsp3) is 0.208. The Labute approximate surface area is 177 Å². The number of alkyl halides is 3. The van der Waals surface area contributed by atoms with Gasteiger partial charge in [-0.05, 0) is 37.1 Å². The highest BCUT2D eigenvalue weighted by Crippen LogP contribution is 2.31. The van der Waals surface area contributed by atoms with Gasteiger partial charge in [-0.1, -0.05) is 48.0 Å². The maximum Gasteiger partial charge on any atom is 0.389 e. The molecule has 0 aliphatic heterocycles. The van der Waals surface area contributed by atoms with Crippen LogP contribution in [-0.2, 0) is 0 Å². The number of hydrogen-bond donors (Lipinski definition) is 0. The lowest BCUT2D eigenvalue weighted by atomic mass is 10.0. The minimum Gasteiger partial charge on any atom is -0.493 e. The SMILES string of the molecule is Cc1ccc(-c2ccccc2OC(=O)c2ccc(OCCCC(F)(F)F)cc2F)cc1. The summed E-state index contributed by atoms with van der Waals surface area (Å²) >= 11 is 0. The number of hydrogen-bond acceptors (Lipinski definition) is 3. The molecule has 0 bridgehead atoms. The number of carbonyl (C=O) groups excluding carboxylic acids is 1. The quantitative estimate of drug-likeness (QED) is 0.179. The van der Waals surface area contributed by atoms with Crippen LogP contribution in [0.4, 0.5) is 17.6 Å². The van der Waals surface area contributed by atoms with Crippen LogP contribution in [0.25, 0.3) is 11.1 Å². The largest absolute Gasteiger partial charge is 0.493 e. The smallest absolute Gasteiger partial charge is 0.389 e. The molecule has 3 aromatic carbocycles. The summed E-state index contributed by atoms with van der Waals surface area (Å²) in [5, 5.41) is 0. The molecule has 0 aliphatic carbocycles. The number of aryl methyl sites for hydroxylation is 1. The lowest BCUT2D eigenvalue weighted by Crippen LogP contribution is -2.12. The van der Waals surface area contributed by atoms with Crippen LogP contribution < -0.4 is 9.47 Å². The summed E-state index contributed by atoms with van der Waals surface area (Å²) < 4.78 is 61.4. The van der Waals surface area contributed by atoms with Crippen molar-refractivity contribution in [1.29, 1.82) is 0 Å². The van der Waals surface area contributed by atoms with Gasteiger partial charge in [-0.15, -0.1) is 0 Å². The molecule has 0 radical (unpaired) electrons. The van der Waals surface area contributed by atoms with E-state index in [2.05, 4.69) is 0 Å². The predicted octanol–water partition coefficient (Wildman–Crippen LogP) is 6.74. The van der Waals surface area contributed by atoms with E-state index in [1.807, 2.05) is 31.2 Å². The van der Waals surface area contributed by atoms with Gasteiger partial charge in [0.05, 0.1) is 12.2 Å². The van der Waals surface area contributed by atoms with E-state index in [-0.39, 0.29) is 30.1 Å². The molecule has 0 atom stereocenters. The number of para-hydroxylation sites is 1. The molecule has 0 aromatic heterocycles. The van der Waals surface area contributed by atoms with Crippen LogP contribution in [0.3, 0.4) is 0 Å². The van der Waals surface area contributed by atoms with Crippen LogP contribution in [0, 0.1) is 12.7 Å². The van der Waals surface area contributed by atoms with Crippen LogP contribution in [-0.4, -0.2) is 18.8 Å². The number of benzene rings is 3. The monoisotopic (exact) mass is 432 g/mol. The summed E-state index contributed by atoms with van der Waals surface area (Å²) in [5.74, 6) is -1.45. The Morgan fingerprint density at radius 1 is 0.968 bits per heavy atom. The summed E-state index contributed by atoms with van der Waals surface area (Å²) in [6, 6.07) is 18.0. The second kappa shape index (κ2) is 9.64. The van der Waals surface area contributed by atoms with E-state index in [1.54, 1.807) is 24.3 Å².